The summed E-state index contributed by atoms with van der Waals surface area (Å²) >= 11 is 6.24. The predicted octanol–water partition coefficient (Wildman–Crippen LogP) is 2.43. The van der Waals surface area contributed by atoms with Gasteiger partial charge in [-0.3, -0.25) is 15.1 Å². The second-order valence-electron chi connectivity index (χ2n) is 5.58. The molecule has 8 nitrogen and oxygen atoms in total. The van der Waals surface area contributed by atoms with E-state index in [0.717, 1.165) is 10.5 Å². The fourth-order valence-electron chi connectivity index (χ4n) is 2.40. The molecule has 0 saturated heterocycles. The zero-order chi connectivity index (χ0) is 18.8. The molecule has 9 heteroatoms. The minimum absolute atomic E-state index is 0.235. The van der Waals surface area contributed by atoms with Gasteiger partial charge in [-0.25, -0.2) is 4.98 Å². The Bertz CT molecular complexity index is 1000. The second kappa shape index (κ2) is 7.03. The van der Waals surface area contributed by atoms with Crippen molar-refractivity contribution in [1.82, 2.24) is 14.9 Å². The topological polar surface area (TPSA) is 134 Å². The number of carbonyl (C=O) groups is 1. The fourth-order valence-corrected chi connectivity index (χ4v) is 2.61. The van der Waals surface area contributed by atoms with Crippen molar-refractivity contribution in [3.8, 4) is 11.6 Å². The van der Waals surface area contributed by atoms with Crippen LogP contribution in [0.3, 0.4) is 0 Å². The Labute approximate surface area is 154 Å². The van der Waals surface area contributed by atoms with Gasteiger partial charge >= 0.3 is 0 Å². The summed E-state index contributed by atoms with van der Waals surface area (Å²) in [5.41, 5.74) is 12.7. The summed E-state index contributed by atoms with van der Waals surface area (Å²) < 4.78 is 5.84. The van der Waals surface area contributed by atoms with Crippen LogP contribution in [0, 0.1) is 5.41 Å². The molecule has 0 aliphatic carbocycles. The van der Waals surface area contributed by atoms with Gasteiger partial charge in [-0.2, -0.15) is 0 Å². The van der Waals surface area contributed by atoms with Gasteiger partial charge in [-0.05, 0) is 29.8 Å². The van der Waals surface area contributed by atoms with E-state index in [-0.39, 0.29) is 11.7 Å². The van der Waals surface area contributed by atoms with E-state index in [1.165, 1.54) is 7.05 Å². The highest BCUT2D eigenvalue weighted by atomic mass is 35.5. The van der Waals surface area contributed by atoms with Crippen molar-refractivity contribution in [2.45, 2.75) is 6.54 Å². The first-order valence-corrected chi connectivity index (χ1v) is 8.04. The van der Waals surface area contributed by atoms with Crippen molar-refractivity contribution in [3.63, 3.8) is 0 Å². The van der Waals surface area contributed by atoms with E-state index in [4.69, 9.17) is 33.2 Å². The van der Waals surface area contributed by atoms with Crippen LogP contribution in [-0.4, -0.2) is 33.8 Å². The van der Waals surface area contributed by atoms with E-state index < -0.39 is 5.91 Å². The molecule has 134 valence electrons. The summed E-state index contributed by atoms with van der Waals surface area (Å²) in [6.45, 7) is 0.368. The summed E-state index contributed by atoms with van der Waals surface area (Å²) in [5, 5.41) is 8.45. The molecule has 3 rings (SSSR count). The third-order valence-corrected chi connectivity index (χ3v) is 4.18. The number of guanidine groups is 1. The van der Waals surface area contributed by atoms with Crippen molar-refractivity contribution in [1.29, 1.82) is 5.41 Å². The third kappa shape index (κ3) is 3.32. The predicted molar refractivity (Wildman–Crippen MR) is 99.5 cm³/mol. The van der Waals surface area contributed by atoms with Crippen LogP contribution in [0.25, 0.3) is 10.9 Å². The van der Waals surface area contributed by atoms with Crippen LogP contribution in [0.1, 0.15) is 16.1 Å². The zero-order valence-electron chi connectivity index (χ0n) is 13.9. The molecule has 0 bridgehead atoms. The Morgan fingerprint density at radius 3 is 2.85 bits per heavy atom. The summed E-state index contributed by atoms with van der Waals surface area (Å²) in [7, 11) is 1.41. The van der Waals surface area contributed by atoms with E-state index in [9.17, 15) is 4.79 Å². The van der Waals surface area contributed by atoms with Gasteiger partial charge in [-0.15, -0.1) is 0 Å². The van der Waals surface area contributed by atoms with Crippen LogP contribution in [-0.2, 0) is 6.54 Å². The molecule has 6 N–H and O–H groups in total. The summed E-state index contributed by atoms with van der Waals surface area (Å²) in [6, 6.07) is 8.48. The van der Waals surface area contributed by atoms with Gasteiger partial charge in [0.1, 0.15) is 5.69 Å². The maximum atomic E-state index is 12.4. The number of amides is 1. The second-order valence-corrected chi connectivity index (χ2v) is 5.98. The van der Waals surface area contributed by atoms with Gasteiger partial charge in [-0.1, -0.05) is 11.6 Å². The molecule has 3 aromatic rings. The molecular weight excluding hydrogens is 356 g/mol. The molecule has 0 aliphatic rings. The van der Waals surface area contributed by atoms with E-state index in [1.54, 1.807) is 36.5 Å². The quantitative estimate of drug-likeness (QED) is 0.412. The molecular formula is C17H17ClN6O2. The third-order valence-electron chi connectivity index (χ3n) is 3.85. The van der Waals surface area contributed by atoms with E-state index in [1.807, 2.05) is 0 Å². The lowest BCUT2D eigenvalue weighted by atomic mass is 10.2. The van der Waals surface area contributed by atoms with Gasteiger partial charge in [0.2, 0.25) is 5.88 Å². The molecule has 0 unspecified atom stereocenters. The molecule has 0 aliphatic heterocycles. The average Bonchev–Trinajstić information content (AvgIpc) is 3.09. The zero-order valence-corrected chi connectivity index (χ0v) is 14.7. The smallest absolute Gasteiger partial charge is 0.276 e. The van der Waals surface area contributed by atoms with Crippen molar-refractivity contribution >= 4 is 34.4 Å². The fraction of sp³-hybridized carbons (Fsp3) is 0.118. The van der Waals surface area contributed by atoms with Crippen LogP contribution in [0.4, 0.5) is 0 Å². The lowest BCUT2D eigenvalue weighted by Gasteiger charge is -2.12. The number of nitrogens with one attached hydrogen (secondary N) is 2. The van der Waals surface area contributed by atoms with Crippen LogP contribution >= 0.6 is 11.6 Å². The van der Waals surface area contributed by atoms with Gasteiger partial charge < -0.3 is 21.2 Å². The van der Waals surface area contributed by atoms with Crippen LogP contribution in [0.2, 0.25) is 5.02 Å². The number of hydrogen-bond acceptors (Lipinski definition) is 5. The molecule has 2 heterocycles. The maximum Gasteiger partial charge on any atom is 0.276 e. The Kier molecular flexibility index (Phi) is 4.79. The van der Waals surface area contributed by atoms with Gasteiger partial charge in [0, 0.05) is 31.2 Å². The highest BCUT2D eigenvalue weighted by Crippen LogP contribution is 2.34. The standard InChI is InChI=1S/C17H17ClN6O2/c1-24(17(20)21)16(25)12-7-10-11(18)2-3-13(15(10)23-12)26-14-6-9(8-19)4-5-22-14/h2-7,23H,8,19H2,1H3,(H3,20,21). The molecule has 0 saturated carbocycles. The SMILES string of the molecule is CN(C(=N)N)C(=O)c1cc2c(Cl)ccc(Oc3cc(CN)ccn3)c2[nH]1. The Morgan fingerprint density at radius 2 is 2.15 bits per heavy atom. The highest BCUT2D eigenvalue weighted by Gasteiger charge is 2.19. The number of pyridine rings is 1. The first-order chi connectivity index (χ1) is 12.4. The number of nitrogens with two attached hydrogens (primary N) is 2. The summed E-state index contributed by atoms with van der Waals surface area (Å²) in [4.78, 5) is 20.5. The number of hydrogen-bond donors (Lipinski definition) is 4. The Morgan fingerprint density at radius 1 is 1.38 bits per heavy atom. The van der Waals surface area contributed by atoms with Crippen LogP contribution < -0.4 is 16.2 Å². The van der Waals surface area contributed by atoms with Crippen molar-refractivity contribution < 1.29 is 9.53 Å². The number of carbonyl (C=O) groups excluding carboxylic acids is 1. The first kappa shape index (κ1) is 17.7. The van der Waals surface area contributed by atoms with Crippen molar-refractivity contribution in [2.75, 3.05) is 7.05 Å². The maximum absolute atomic E-state index is 12.4. The molecule has 0 radical (unpaired) electrons. The van der Waals surface area contributed by atoms with Gasteiger partial charge in [0.15, 0.2) is 11.7 Å². The number of ether oxygens (including phenoxy) is 1. The highest BCUT2D eigenvalue weighted by molar-refractivity contribution is 6.35. The minimum Gasteiger partial charge on any atom is -0.437 e. The number of aromatic nitrogens is 2. The first-order valence-electron chi connectivity index (χ1n) is 7.67. The molecule has 2 aromatic heterocycles. The largest absolute Gasteiger partial charge is 0.437 e. The van der Waals surface area contributed by atoms with E-state index in [0.29, 0.717) is 34.1 Å². The van der Waals surface area contributed by atoms with E-state index in [2.05, 4.69) is 9.97 Å². The number of nitrogens with zero attached hydrogens (tertiary/aromatic N) is 2. The number of benzene rings is 1. The lowest BCUT2D eigenvalue weighted by molar-refractivity contribution is 0.0864. The molecule has 0 atom stereocenters. The van der Waals surface area contributed by atoms with E-state index >= 15 is 0 Å². The van der Waals surface area contributed by atoms with Gasteiger partial charge in [0.25, 0.3) is 5.91 Å². The minimum atomic E-state index is -0.459. The Balaban J connectivity index is 2.02. The van der Waals surface area contributed by atoms with Gasteiger partial charge in [0.05, 0.1) is 10.5 Å². The van der Waals surface area contributed by atoms with Crippen molar-refractivity contribution in [3.05, 3.63) is 52.8 Å². The average molecular weight is 373 g/mol. The lowest BCUT2D eigenvalue weighted by Crippen LogP contribution is -2.38. The molecule has 26 heavy (non-hydrogen) atoms. The molecule has 1 amide bonds. The Hall–Kier alpha value is -3.10. The van der Waals surface area contributed by atoms with Crippen LogP contribution in [0.15, 0.2) is 36.5 Å². The molecule has 0 fully saturated rings. The number of H-pyrrole nitrogens is 1. The van der Waals surface area contributed by atoms with Crippen molar-refractivity contribution in [2.24, 2.45) is 11.5 Å². The number of fused-ring (bicyclic) bond motifs is 1. The number of aromatic amines is 1. The summed E-state index contributed by atoms with van der Waals surface area (Å²) in [5.74, 6) is 0.00787. The molecule has 1 aromatic carbocycles. The number of halogens is 1. The number of rotatable bonds is 4. The van der Waals surface area contributed by atoms with Crippen LogP contribution in [0.5, 0.6) is 11.6 Å². The monoisotopic (exact) mass is 372 g/mol. The normalized spacial score (nSPS) is 10.7. The molecule has 0 spiro atoms. The summed E-state index contributed by atoms with van der Waals surface area (Å²) in [6.07, 6.45) is 1.61.